The second-order valence-corrected chi connectivity index (χ2v) is 5.04. The van der Waals surface area contributed by atoms with Crippen LogP contribution in [0, 0.1) is 0 Å². The summed E-state index contributed by atoms with van der Waals surface area (Å²) in [6, 6.07) is 7.63. The first kappa shape index (κ1) is 14.6. The first-order chi connectivity index (χ1) is 9.60. The molecule has 0 unspecified atom stereocenters. The molecule has 1 saturated heterocycles. The van der Waals surface area contributed by atoms with Crippen LogP contribution in [-0.2, 0) is 4.79 Å². The average molecular weight is 293 g/mol. The highest BCUT2D eigenvalue weighted by Gasteiger charge is 2.20. The number of hydrogen-bond donors (Lipinski definition) is 1. The van der Waals surface area contributed by atoms with E-state index in [4.69, 9.17) is 17.0 Å². The smallest absolute Gasteiger partial charge is 0.219 e. The summed E-state index contributed by atoms with van der Waals surface area (Å²) in [6.45, 7) is 4.58. The van der Waals surface area contributed by atoms with Crippen molar-refractivity contribution in [2.24, 2.45) is 0 Å². The molecule has 0 atom stereocenters. The molecule has 6 heteroatoms. The van der Waals surface area contributed by atoms with E-state index in [9.17, 15) is 4.79 Å². The molecular weight excluding hydrogens is 274 g/mol. The van der Waals surface area contributed by atoms with Crippen molar-refractivity contribution < 1.29 is 9.53 Å². The van der Waals surface area contributed by atoms with E-state index in [-0.39, 0.29) is 5.91 Å². The number of carbonyl (C=O) groups excluding carboxylic acids is 1. The van der Waals surface area contributed by atoms with Gasteiger partial charge in [-0.1, -0.05) is 0 Å². The largest absolute Gasteiger partial charge is 0.497 e. The Balaban J connectivity index is 1.87. The lowest BCUT2D eigenvalue weighted by Crippen LogP contribution is -2.51. The SMILES string of the molecule is COc1ccc(NC(=S)N2CCN(C(C)=O)CC2)cc1. The molecule has 1 heterocycles. The number of nitrogens with one attached hydrogen (secondary N) is 1. The number of carbonyl (C=O) groups is 1. The highest BCUT2D eigenvalue weighted by molar-refractivity contribution is 7.80. The van der Waals surface area contributed by atoms with Crippen molar-refractivity contribution in [3.63, 3.8) is 0 Å². The van der Waals surface area contributed by atoms with E-state index < -0.39 is 0 Å². The molecule has 2 rings (SSSR count). The number of piperazine rings is 1. The second-order valence-electron chi connectivity index (χ2n) is 4.65. The van der Waals surface area contributed by atoms with E-state index in [1.54, 1.807) is 14.0 Å². The number of benzene rings is 1. The Bertz CT molecular complexity index is 482. The van der Waals surface area contributed by atoms with Crippen LogP contribution < -0.4 is 10.1 Å². The maximum absolute atomic E-state index is 11.3. The van der Waals surface area contributed by atoms with Gasteiger partial charge in [-0.05, 0) is 36.5 Å². The molecule has 0 bridgehead atoms. The Morgan fingerprint density at radius 3 is 2.20 bits per heavy atom. The van der Waals surface area contributed by atoms with Crippen LogP contribution in [0.4, 0.5) is 5.69 Å². The van der Waals surface area contributed by atoms with Crippen molar-refractivity contribution in [1.82, 2.24) is 9.80 Å². The Kier molecular flexibility index (Phi) is 4.79. The molecule has 1 fully saturated rings. The van der Waals surface area contributed by atoms with Crippen LogP contribution in [0.2, 0.25) is 0 Å². The van der Waals surface area contributed by atoms with E-state index in [0.29, 0.717) is 5.11 Å². The maximum atomic E-state index is 11.3. The van der Waals surface area contributed by atoms with Crippen LogP contribution in [0.25, 0.3) is 0 Å². The summed E-state index contributed by atoms with van der Waals surface area (Å²) in [7, 11) is 1.64. The molecule has 1 aliphatic rings. The summed E-state index contributed by atoms with van der Waals surface area (Å²) in [5.41, 5.74) is 0.935. The first-order valence-electron chi connectivity index (χ1n) is 6.55. The van der Waals surface area contributed by atoms with Gasteiger partial charge in [0.15, 0.2) is 5.11 Å². The Hall–Kier alpha value is -1.82. The van der Waals surface area contributed by atoms with E-state index in [0.717, 1.165) is 37.6 Å². The lowest BCUT2D eigenvalue weighted by molar-refractivity contribution is -0.130. The predicted molar refractivity (Wildman–Crippen MR) is 83.0 cm³/mol. The molecule has 5 nitrogen and oxygen atoms in total. The van der Waals surface area contributed by atoms with E-state index in [1.807, 2.05) is 29.2 Å². The van der Waals surface area contributed by atoms with Crippen molar-refractivity contribution in [1.29, 1.82) is 0 Å². The lowest BCUT2D eigenvalue weighted by Gasteiger charge is -2.35. The van der Waals surface area contributed by atoms with Crippen LogP contribution in [0.1, 0.15) is 6.92 Å². The molecule has 0 aliphatic carbocycles. The van der Waals surface area contributed by atoms with Crippen LogP contribution in [0.3, 0.4) is 0 Å². The zero-order chi connectivity index (χ0) is 14.5. The minimum Gasteiger partial charge on any atom is -0.497 e. The maximum Gasteiger partial charge on any atom is 0.219 e. The van der Waals surface area contributed by atoms with Gasteiger partial charge in [0, 0.05) is 38.8 Å². The molecule has 0 radical (unpaired) electrons. The van der Waals surface area contributed by atoms with Gasteiger partial charge < -0.3 is 19.9 Å². The minimum atomic E-state index is 0.124. The molecule has 1 aliphatic heterocycles. The summed E-state index contributed by atoms with van der Waals surface area (Å²) in [5.74, 6) is 0.940. The summed E-state index contributed by atoms with van der Waals surface area (Å²) in [6.07, 6.45) is 0. The number of hydrogen-bond acceptors (Lipinski definition) is 3. The molecule has 1 amide bonds. The number of ether oxygens (including phenoxy) is 1. The third kappa shape index (κ3) is 3.60. The predicted octanol–water partition coefficient (Wildman–Crippen LogP) is 1.56. The number of methoxy groups -OCH3 is 1. The molecule has 0 spiro atoms. The molecule has 0 saturated carbocycles. The normalized spacial score (nSPS) is 14.9. The summed E-state index contributed by atoms with van der Waals surface area (Å²) in [5, 5.41) is 3.90. The van der Waals surface area contributed by atoms with Gasteiger partial charge >= 0.3 is 0 Å². The fourth-order valence-electron chi connectivity index (χ4n) is 2.10. The number of rotatable bonds is 2. The molecule has 1 aromatic carbocycles. The van der Waals surface area contributed by atoms with Gasteiger partial charge in [0.25, 0.3) is 0 Å². The molecule has 20 heavy (non-hydrogen) atoms. The second kappa shape index (κ2) is 6.56. The minimum absolute atomic E-state index is 0.124. The van der Waals surface area contributed by atoms with Crippen molar-refractivity contribution in [2.75, 3.05) is 38.6 Å². The fourth-order valence-corrected chi connectivity index (χ4v) is 2.40. The van der Waals surface area contributed by atoms with Crippen LogP contribution in [0.15, 0.2) is 24.3 Å². The Labute approximate surface area is 124 Å². The number of anilines is 1. The molecule has 108 valence electrons. The van der Waals surface area contributed by atoms with Crippen LogP contribution in [0.5, 0.6) is 5.75 Å². The number of thiocarbonyl (C=S) groups is 1. The first-order valence-corrected chi connectivity index (χ1v) is 6.96. The van der Waals surface area contributed by atoms with Gasteiger partial charge in [0.2, 0.25) is 5.91 Å². The van der Waals surface area contributed by atoms with Gasteiger partial charge in [-0.2, -0.15) is 0 Å². The van der Waals surface area contributed by atoms with E-state index in [2.05, 4.69) is 10.2 Å². The molecule has 1 aromatic rings. The number of nitrogens with zero attached hydrogens (tertiary/aromatic N) is 2. The highest BCUT2D eigenvalue weighted by Crippen LogP contribution is 2.16. The van der Waals surface area contributed by atoms with Crippen molar-refractivity contribution in [3.8, 4) is 5.75 Å². The Morgan fingerprint density at radius 1 is 1.15 bits per heavy atom. The zero-order valence-corrected chi connectivity index (χ0v) is 12.6. The average Bonchev–Trinajstić information content (AvgIpc) is 2.48. The summed E-state index contributed by atoms with van der Waals surface area (Å²) in [4.78, 5) is 15.2. The van der Waals surface area contributed by atoms with Crippen molar-refractivity contribution in [3.05, 3.63) is 24.3 Å². The molecular formula is C14H19N3O2S. The topological polar surface area (TPSA) is 44.8 Å². The lowest BCUT2D eigenvalue weighted by atomic mass is 10.3. The fraction of sp³-hybridized carbons (Fsp3) is 0.429. The number of amides is 1. The van der Waals surface area contributed by atoms with Crippen molar-refractivity contribution in [2.45, 2.75) is 6.92 Å². The van der Waals surface area contributed by atoms with Gasteiger partial charge in [0.1, 0.15) is 5.75 Å². The molecule has 1 N–H and O–H groups in total. The van der Waals surface area contributed by atoms with Crippen LogP contribution >= 0.6 is 12.2 Å². The van der Waals surface area contributed by atoms with Gasteiger partial charge in [-0.25, -0.2) is 0 Å². The third-order valence-corrected chi connectivity index (χ3v) is 3.71. The van der Waals surface area contributed by atoms with Crippen LogP contribution in [-0.4, -0.2) is 54.1 Å². The van der Waals surface area contributed by atoms with E-state index >= 15 is 0 Å². The highest BCUT2D eigenvalue weighted by atomic mass is 32.1. The summed E-state index contributed by atoms with van der Waals surface area (Å²) < 4.78 is 5.12. The van der Waals surface area contributed by atoms with E-state index in [1.165, 1.54) is 0 Å². The standard InChI is InChI=1S/C14H19N3O2S/c1-11(18)16-7-9-17(10-8-16)14(20)15-12-3-5-13(19-2)6-4-12/h3-6H,7-10H2,1-2H3,(H,15,20). The van der Waals surface area contributed by atoms with Gasteiger partial charge in [-0.3, -0.25) is 4.79 Å². The monoisotopic (exact) mass is 293 g/mol. The van der Waals surface area contributed by atoms with Gasteiger partial charge in [-0.15, -0.1) is 0 Å². The van der Waals surface area contributed by atoms with Gasteiger partial charge in [0.05, 0.1) is 7.11 Å². The quantitative estimate of drug-likeness (QED) is 0.838. The molecule has 0 aromatic heterocycles. The third-order valence-electron chi connectivity index (χ3n) is 3.35. The van der Waals surface area contributed by atoms with Crippen molar-refractivity contribution >= 4 is 28.9 Å². The Morgan fingerprint density at radius 2 is 1.70 bits per heavy atom. The zero-order valence-electron chi connectivity index (χ0n) is 11.8. The summed E-state index contributed by atoms with van der Waals surface area (Å²) >= 11 is 5.40.